The molecule has 2 spiro atoms. The fraction of sp³-hybridized carbons (Fsp3) is 0.0345. The molecule has 0 atom stereocenters. The van der Waals surface area contributed by atoms with Crippen molar-refractivity contribution >= 4 is 43.4 Å². The molecule has 272 valence electrons. The first kappa shape index (κ1) is 31.6. The van der Waals surface area contributed by atoms with Gasteiger partial charge in [0.2, 0.25) is 0 Å². The Hall–Kier alpha value is -7.48. The molecular formula is C58H35N. The lowest BCUT2D eigenvalue weighted by Crippen LogP contribution is -2.43. The van der Waals surface area contributed by atoms with Crippen molar-refractivity contribution in [2.45, 2.75) is 10.8 Å². The highest BCUT2D eigenvalue weighted by atomic mass is 15.0. The number of hydrogen-bond donors (Lipinski definition) is 0. The van der Waals surface area contributed by atoms with Crippen LogP contribution in [0, 0.1) is 0 Å². The normalized spacial score (nSPS) is 14.7. The summed E-state index contributed by atoms with van der Waals surface area (Å²) in [6, 6.07) is 80.6. The molecule has 10 aromatic carbocycles. The largest absolute Gasteiger partial charge is 0.309 e. The molecule has 14 rings (SSSR count). The van der Waals surface area contributed by atoms with Gasteiger partial charge in [0.05, 0.1) is 21.9 Å². The highest BCUT2D eigenvalue weighted by Gasteiger charge is 2.58. The van der Waals surface area contributed by atoms with Crippen molar-refractivity contribution in [3.8, 4) is 27.9 Å². The van der Waals surface area contributed by atoms with Crippen molar-refractivity contribution in [2.24, 2.45) is 0 Å². The van der Waals surface area contributed by atoms with E-state index in [-0.39, 0.29) is 0 Å². The Balaban J connectivity index is 1.16. The van der Waals surface area contributed by atoms with Crippen LogP contribution in [0.25, 0.3) is 71.3 Å². The highest BCUT2D eigenvalue weighted by Crippen LogP contribution is 2.67. The van der Waals surface area contributed by atoms with Gasteiger partial charge < -0.3 is 4.57 Å². The minimum Gasteiger partial charge on any atom is -0.309 e. The van der Waals surface area contributed by atoms with E-state index in [9.17, 15) is 0 Å². The minimum absolute atomic E-state index is 0.460. The summed E-state index contributed by atoms with van der Waals surface area (Å²) in [6.07, 6.45) is 0. The molecule has 1 heterocycles. The predicted molar refractivity (Wildman–Crippen MR) is 244 cm³/mol. The van der Waals surface area contributed by atoms with Crippen molar-refractivity contribution in [2.75, 3.05) is 0 Å². The third-order valence-corrected chi connectivity index (χ3v) is 14.2. The number of fused-ring (bicyclic) bond motifs is 22. The van der Waals surface area contributed by atoms with E-state index in [4.69, 9.17) is 0 Å². The molecule has 59 heavy (non-hydrogen) atoms. The number of nitrogens with zero attached hydrogens (tertiary/aromatic N) is 1. The van der Waals surface area contributed by atoms with Crippen LogP contribution >= 0.6 is 0 Å². The lowest BCUT2D eigenvalue weighted by Gasteiger charge is -2.48. The summed E-state index contributed by atoms with van der Waals surface area (Å²) in [6.45, 7) is 0. The second kappa shape index (κ2) is 11.1. The molecule has 0 bridgehead atoms. The van der Waals surface area contributed by atoms with Gasteiger partial charge in [0, 0.05) is 21.8 Å². The monoisotopic (exact) mass is 745 g/mol. The molecule has 1 nitrogen and oxygen atoms in total. The average molecular weight is 746 g/mol. The van der Waals surface area contributed by atoms with E-state index in [1.165, 1.54) is 116 Å². The van der Waals surface area contributed by atoms with Crippen LogP contribution in [0.5, 0.6) is 0 Å². The van der Waals surface area contributed by atoms with Gasteiger partial charge in [-0.25, -0.2) is 0 Å². The Morgan fingerprint density at radius 1 is 0.271 bits per heavy atom. The third kappa shape index (κ3) is 3.69. The molecule has 0 saturated heterocycles. The van der Waals surface area contributed by atoms with Crippen LogP contribution in [0.2, 0.25) is 0 Å². The van der Waals surface area contributed by atoms with Crippen molar-refractivity contribution in [1.82, 2.24) is 4.57 Å². The number of aromatic nitrogens is 1. The molecule has 0 amide bonds. The second-order valence-electron chi connectivity index (χ2n) is 16.7. The third-order valence-electron chi connectivity index (χ3n) is 14.2. The van der Waals surface area contributed by atoms with E-state index in [1.54, 1.807) is 0 Å². The summed E-state index contributed by atoms with van der Waals surface area (Å²) < 4.78 is 2.54. The SMILES string of the molecule is c1ccc2c(c1)-c1ccccc1C21c2ccccc2C2(c3ccccc3-c3cc4c(cc32)c2ccc3ccccc3c2n4-c2ccc3ccccc3c2)c2ccccc21. The van der Waals surface area contributed by atoms with E-state index in [1.807, 2.05) is 0 Å². The minimum atomic E-state index is -0.542. The van der Waals surface area contributed by atoms with Crippen LogP contribution in [0.4, 0.5) is 0 Å². The summed E-state index contributed by atoms with van der Waals surface area (Å²) in [7, 11) is 0. The molecule has 0 aliphatic heterocycles. The summed E-state index contributed by atoms with van der Waals surface area (Å²) >= 11 is 0. The van der Waals surface area contributed by atoms with Crippen molar-refractivity contribution < 1.29 is 0 Å². The van der Waals surface area contributed by atoms with Crippen molar-refractivity contribution in [1.29, 1.82) is 0 Å². The fourth-order valence-electron chi connectivity index (χ4n) is 12.1. The van der Waals surface area contributed by atoms with Crippen molar-refractivity contribution in [3.63, 3.8) is 0 Å². The molecule has 11 aromatic rings. The molecule has 0 saturated carbocycles. The number of rotatable bonds is 1. The smallest absolute Gasteiger partial charge is 0.0720 e. The van der Waals surface area contributed by atoms with Crippen LogP contribution in [0.3, 0.4) is 0 Å². The predicted octanol–water partition coefficient (Wildman–Crippen LogP) is 14.1. The molecule has 0 N–H and O–H groups in total. The van der Waals surface area contributed by atoms with Gasteiger partial charge in [-0.2, -0.15) is 0 Å². The van der Waals surface area contributed by atoms with Crippen LogP contribution in [0.15, 0.2) is 212 Å². The Bertz CT molecular complexity index is 3540. The van der Waals surface area contributed by atoms with E-state index in [2.05, 4.69) is 217 Å². The highest BCUT2D eigenvalue weighted by molar-refractivity contribution is 6.20. The van der Waals surface area contributed by atoms with Crippen LogP contribution in [-0.2, 0) is 10.8 Å². The van der Waals surface area contributed by atoms with Crippen LogP contribution in [-0.4, -0.2) is 4.57 Å². The second-order valence-corrected chi connectivity index (χ2v) is 16.7. The van der Waals surface area contributed by atoms with E-state index >= 15 is 0 Å². The van der Waals surface area contributed by atoms with E-state index < -0.39 is 10.8 Å². The zero-order chi connectivity index (χ0) is 38.5. The molecule has 0 fully saturated rings. The molecule has 3 aliphatic rings. The zero-order valence-electron chi connectivity index (χ0n) is 32.2. The van der Waals surface area contributed by atoms with Gasteiger partial charge in [-0.3, -0.25) is 0 Å². The molecule has 1 heteroatoms. The lowest BCUT2D eigenvalue weighted by molar-refractivity contribution is 0.633. The lowest BCUT2D eigenvalue weighted by atomic mass is 9.52. The van der Waals surface area contributed by atoms with Gasteiger partial charge in [0.15, 0.2) is 0 Å². The first-order valence-corrected chi connectivity index (χ1v) is 20.8. The Morgan fingerprint density at radius 3 is 1.34 bits per heavy atom. The standard InChI is InChI=1S/C58H35N/c1-2-17-38-33-39(31-29-36(38)15-1)59-55-35-45-43-21-7-10-24-49(43)58(54(45)34-46(55)44-32-30-37-16-3-4-18-40(37)56(44)59)52-27-13-11-25-50(52)57(51-26-12-14-28-53(51)58)47-22-8-5-19-41(47)42-20-6-9-23-48(42)57/h1-35H. The Morgan fingerprint density at radius 2 is 0.729 bits per heavy atom. The maximum absolute atomic E-state index is 2.58. The van der Waals surface area contributed by atoms with Gasteiger partial charge in [-0.1, -0.05) is 188 Å². The number of benzene rings is 10. The summed E-state index contributed by atoms with van der Waals surface area (Å²) in [5, 5.41) is 7.55. The molecule has 0 unspecified atom stereocenters. The first-order valence-electron chi connectivity index (χ1n) is 20.8. The Labute approximate surface area is 342 Å². The Kier molecular flexibility index (Phi) is 5.96. The maximum atomic E-state index is 2.58. The molecule has 0 radical (unpaired) electrons. The summed E-state index contributed by atoms with van der Waals surface area (Å²) in [4.78, 5) is 0. The van der Waals surface area contributed by atoms with Crippen molar-refractivity contribution in [3.05, 3.63) is 257 Å². The van der Waals surface area contributed by atoms with Gasteiger partial charge >= 0.3 is 0 Å². The zero-order valence-corrected chi connectivity index (χ0v) is 32.2. The quantitative estimate of drug-likeness (QED) is 0.158. The van der Waals surface area contributed by atoms with E-state index in [0.29, 0.717) is 0 Å². The summed E-state index contributed by atoms with van der Waals surface area (Å²) in [5.74, 6) is 0. The molecule has 1 aromatic heterocycles. The topological polar surface area (TPSA) is 4.93 Å². The summed E-state index contributed by atoms with van der Waals surface area (Å²) in [5.41, 5.74) is 18.8. The molecular weight excluding hydrogens is 711 g/mol. The van der Waals surface area contributed by atoms with Crippen LogP contribution < -0.4 is 0 Å². The average Bonchev–Trinajstić information content (AvgIpc) is 3.90. The van der Waals surface area contributed by atoms with Gasteiger partial charge in [0.1, 0.15) is 0 Å². The first-order chi connectivity index (χ1) is 29.3. The van der Waals surface area contributed by atoms with E-state index in [0.717, 1.165) is 0 Å². The van der Waals surface area contributed by atoms with Crippen LogP contribution in [0.1, 0.15) is 44.5 Å². The van der Waals surface area contributed by atoms with Gasteiger partial charge in [0.25, 0.3) is 0 Å². The van der Waals surface area contributed by atoms with Gasteiger partial charge in [-0.15, -0.1) is 0 Å². The number of hydrogen-bond acceptors (Lipinski definition) is 0. The van der Waals surface area contributed by atoms with Gasteiger partial charge in [-0.05, 0) is 107 Å². The fourth-order valence-corrected chi connectivity index (χ4v) is 12.1. The maximum Gasteiger partial charge on any atom is 0.0720 e. The molecule has 3 aliphatic carbocycles.